The van der Waals surface area contributed by atoms with Crippen LogP contribution in [-0.4, -0.2) is 19.6 Å². The third-order valence-corrected chi connectivity index (χ3v) is 4.75. The van der Waals surface area contributed by atoms with Crippen LogP contribution in [0.3, 0.4) is 0 Å². The molecule has 154 valence electrons. The molecule has 0 bridgehead atoms. The highest BCUT2D eigenvalue weighted by molar-refractivity contribution is 6.34. The van der Waals surface area contributed by atoms with E-state index in [0.29, 0.717) is 4.52 Å². The Morgan fingerprint density at radius 1 is 0.967 bits per heavy atom. The van der Waals surface area contributed by atoms with Gasteiger partial charge in [0.05, 0.1) is 11.3 Å². The molecule has 0 spiro atoms. The van der Waals surface area contributed by atoms with Gasteiger partial charge in [-0.3, -0.25) is 9.89 Å². The lowest BCUT2D eigenvalue weighted by Gasteiger charge is -2.08. The lowest BCUT2D eigenvalue weighted by atomic mass is 10.1. The number of pyridine rings is 1. The lowest BCUT2D eigenvalue weighted by molar-refractivity contribution is -0.140. The number of halogens is 7. The Balaban J connectivity index is 2.08. The van der Waals surface area contributed by atoms with Crippen LogP contribution in [0.25, 0.3) is 28.0 Å². The highest BCUT2D eigenvalue weighted by Gasteiger charge is 2.38. The largest absolute Gasteiger partial charge is 0.433 e. The van der Waals surface area contributed by atoms with Crippen LogP contribution < -0.4 is 5.56 Å². The fraction of sp³-hybridized carbons (Fsp3) is 0.0556. The van der Waals surface area contributed by atoms with E-state index in [0.717, 1.165) is 36.4 Å². The molecule has 3 heterocycles. The molecule has 0 saturated carbocycles. The number of aromatic amines is 1. The number of alkyl halides is 3. The normalized spacial score (nSPS) is 12.0. The van der Waals surface area contributed by atoms with Crippen LogP contribution >= 0.6 is 23.2 Å². The van der Waals surface area contributed by atoms with Gasteiger partial charge in [0.15, 0.2) is 16.6 Å². The summed E-state index contributed by atoms with van der Waals surface area (Å²) >= 11 is 11.5. The van der Waals surface area contributed by atoms with E-state index in [-0.39, 0.29) is 22.0 Å². The monoisotopic (exact) mass is 460 g/mol. The van der Waals surface area contributed by atoms with Crippen molar-refractivity contribution in [3.63, 3.8) is 0 Å². The zero-order chi connectivity index (χ0) is 21.8. The molecule has 0 saturated heterocycles. The number of fused-ring (bicyclic) bond motifs is 1. The minimum Gasteiger partial charge on any atom is -0.284 e. The standard InChI is InChI=1S/C18H7Cl2F5N4O/c19-15-9(5-10(22)16(20)27-15)11-6-12(30)29-17(26-11)13(14(28-29)18(23,24)25)7-1-3-8(21)4-2-7/h1-6,28H. The van der Waals surface area contributed by atoms with Gasteiger partial charge >= 0.3 is 6.18 Å². The molecule has 5 nitrogen and oxygen atoms in total. The van der Waals surface area contributed by atoms with Crippen LogP contribution in [0.15, 0.2) is 41.2 Å². The van der Waals surface area contributed by atoms with Gasteiger partial charge in [-0.2, -0.15) is 13.2 Å². The summed E-state index contributed by atoms with van der Waals surface area (Å²) in [5.41, 5.74) is -3.48. The van der Waals surface area contributed by atoms with E-state index in [9.17, 15) is 26.7 Å². The average molecular weight is 461 g/mol. The Labute approximate surface area is 173 Å². The van der Waals surface area contributed by atoms with Crippen LogP contribution in [0.1, 0.15) is 5.69 Å². The Morgan fingerprint density at radius 3 is 2.27 bits per heavy atom. The van der Waals surface area contributed by atoms with Crippen molar-refractivity contribution in [1.82, 2.24) is 19.6 Å². The van der Waals surface area contributed by atoms with Gasteiger partial charge in [-0.05, 0) is 23.8 Å². The second-order valence-electron chi connectivity index (χ2n) is 6.10. The Morgan fingerprint density at radius 2 is 1.63 bits per heavy atom. The van der Waals surface area contributed by atoms with Gasteiger partial charge in [-0.25, -0.2) is 23.3 Å². The van der Waals surface area contributed by atoms with Crippen LogP contribution in [0.4, 0.5) is 22.0 Å². The third kappa shape index (κ3) is 3.41. The Kier molecular flexibility index (Phi) is 4.78. The van der Waals surface area contributed by atoms with E-state index in [4.69, 9.17) is 23.2 Å². The number of H-pyrrole nitrogens is 1. The summed E-state index contributed by atoms with van der Waals surface area (Å²) in [6, 6.07) is 5.90. The van der Waals surface area contributed by atoms with Gasteiger partial charge in [0.2, 0.25) is 0 Å². The molecular weight excluding hydrogens is 454 g/mol. The second-order valence-corrected chi connectivity index (χ2v) is 6.82. The zero-order valence-corrected chi connectivity index (χ0v) is 15.9. The number of hydrogen-bond acceptors (Lipinski definition) is 3. The third-order valence-electron chi connectivity index (χ3n) is 4.19. The number of nitrogens with one attached hydrogen (secondary N) is 1. The number of rotatable bonds is 2. The summed E-state index contributed by atoms with van der Waals surface area (Å²) in [6.45, 7) is 0. The summed E-state index contributed by atoms with van der Waals surface area (Å²) in [5, 5.41) is 1.16. The smallest absolute Gasteiger partial charge is 0.284 e. The number of hydrogen-bond donors (Lipinski definition) is 1. The van der Waals surface area contributed by atoms with Crippen molar-refractivity contribution in [2.45, 2.75) is 6.18 Å². The minimum atomic E-state index is -4.88. The van der Waals surface area contributed by atoms with Crippen LogP contribution in [-0.2, 0) is 6.18 Å². The molecule has 4 rings (SSSR count). The SMILES string of the molecule is O=c1cc(-c2cc(F)c(Cl)nc2Cl)nc2c(-c3ccc(F)cc3)c(C(F)(F)F)[nH]n12. The molecule has 0 amide bonds. The molecular formula is C18H7Cl2F5N4O. The van der Waals surface area contributed by atoms with Gasteiger partial charge in [0.1, 0.15) is 16.7 Å². The molecule has 1 N–H and O–H groups in total. The summed E-state index contributed by atoms with van der Waals surface area (Å²) in [5.74, 6) is -1.62. The average Bonchev–Trinajstić information content (AvgIpc) is 3.06. The van der Waals surface area contributed by atoms with Gasteiger partial charge < -0.3 is 0 Å². The van der Waals surface area contributed by atoms with Gasteiger partial charge in [-0.15, -0.1) is 0 Å². The molecule has 0 fully saturated rings. The van der Waals surface area contributed by atoms with E-state index in [1.165, 1.54) is 0 Å². The van der Waals surface area contributed by atoms with E-state index in [2.05, 4.69) is 9.97 Å². The van der Waals surface area contributed by atoms with Crippen LogP contribution in [0, 0.1) is 11.6 Å². The molecule has 30 heavy (non-hydrogen) atoms. The molecule has 0 aliphatic heterocycles. The fourth-order valence-corrected chi connectivity index (χ4v) is 3.31. The Hall–Kier alpha value is -2.98. The van der Waals surface area contributed by atoms with E-state index < -0.39 is 45.4 Å². The lowest BCUT2D eigenvalue weighted by Crippen LogP contribution is -2.15. The van der Waals surface area contributed by atoms with E-state index in [1.54, 1.807) is 0 Å². The van der Waals surface area contributed by atoms with Crippen molar-refractivity contribution < 1.29 is 22.0 Å². The first-order valence-electron chi connectivity index (χ1n) is 8.07. The number of benzene rings is 1. The molecule has 1 aromatic carbocycles. The zero-order valence-electron chi connectivity index (χ0n) is 14.4. The summed E-state index contributed by atoms with van der Waals surface area (Å²) in [7, 11) is 0. The van der Waals surface area contributed by atoms with E-state index >= 15 is 0 Å². The predicted octanol–water partition coefficient (Wildman–Crippen LogP) is 5.36. The van der Waals surface area contributed by atoms with Crippen molar-refractivity contribution in [3.05, 3.63) is 74.4 Å². The van der Waals surface area contributed by atoms with Gasteiger partial charge in [0.25, 0.3) is 5.56 Å². The molecule has 0 aliphatic carbocycles. The number of aromatic nitrogens is 4. The Bertz CT molecular complexity index is 1350. The first kappa shape index (κ1) is 20.3. The van der Waals surface area contributed by atoms with Crippen molar-refractivity contribution in [3.8, 4) is 22.4 Å². The van der Waals surface area contributed by atoms with Gasteiger partial charge in [-0.1, -0.05) is 35.3 Å². The minimum absolute atomic E-state index is 0.0435. The maximum Gasteiger partial charge on any atom is 0.433 e. The summed E-state index contributed by atoms with van der Waals surface area (Å²) in [6.07, 6.45) is -4.88. The maximum atomic E-state index is 13.8. The molecule has 0 unspecified atom stereocenters. The van der Waals surface area contributed by atoms with Crippen molar-refractivity contribution in [2.24, 2.45) is 0 Å². The first-order chi connectivity index (χ1) is 14.1. The topological polar surface area (TPSA) is 63.0 Å². The number of nitrogens with zero attached hydrogens (tertiary/aromatic N) is 3. The molecule has 4 aromatic rings. The summed E-state index contributed by atoms with van der Waals surface area (Å²) < 4.78 is 68.6. The molecule has 12 heteroatoms. The van der Waals surface area contributed by atoms with E-state index in [1.807, 2.05) is 5.10 Å². The maximum absolute atomic E-state index is 13.8. The van der Waals surface area contributed by atoms with Gasteiger partial charge in [0, 0.05) is 11.6 Å². The van der Waals surface area contributed by atoms with Crippen molar-refractivity contribution >= 4 is 28.8 Å². The molecule has 3 aromatic heterocycles. The molecule has 0 atom stereocenters. The van der Waals surface area contributed by atoms with Crippen molar-refractivity contribution in [2.75, 3.05) is 0 Å². The first-order valence-corrected chi connectivity index (χ1v) is 8.82. The van der Waals surface area contributed by atoms with Crippen LogP contribution in [0.2, 0.25) is 10.3 Å². The quantitative estimate of drug-likeness (QED) is 0.323. The second kappa shape index (κ2) is 7.06. The molecule has 0 aliphatic rings. The van der Waals surface area contributed by atoms with Crippen molar-refractivity contribution in [1.29, 1.82) is 0 Å². The highest BCUT2D eigenvalue weighted by Crippen LogP contribution is 2.38. The van der Waals surface area contributed by atoms with Crippen LogP contribution in [0.5, 0.6) is 0 Å². The summed E-state index contributed by atoms with van der Waals surface area (Å²) in [4.78, 5) is 20.1. The fourth-order valence-electron chi connectivity index (χ4n) is 2.90. The highest BCUT2D eigenvalue weighted by atomic mass is 35.5. The predicted molar refractivity (Wildman–Crippen MR) is 99.4 cm³/mol. The molecule has 0 radical (unpaired) electrons.